The lowest BCUT2D eigenvalue weighted by molar-refractivity contribution is -0.159. The van der Waals surface area contributed by atoms with Crippen molar-refractivity contribution in [3.05, 3.63) is 12.2 Å². The predicted molar refractivity (Wildman–Crippen MR) is 75.8 cm³/mol. The van der Waals surface area contributed by atoms with Gasteiger partial charge < -0.3 is 4.74 Å². The average molecular weight is 276 g/mol. The number of rotatable bonds is 1. The zero-order chi connectivity index (χ0) is 14.9. The molecule has 3 aliphatic rings. The van der Waals surface area contributed by atoms with Gasteiger partial charge in [-0.3, -0.25) is 9.59 Å². The highest BCUT2D eigenvalue weighted by Crippen LogP contribution is 2.65. The zero-order valence-electron chi connectivity index (χ0n) is 13.0. The molecule has 0 radical (unpaired) electrons. The number of esters is 1. The van der Waals surface area contributed by atoms with E-state index in [-0.39, 0.29) is 29.3 Å². The fourth-order valence-electron chi connectivity index (χ4n) is 5.32. The fraction of sp³-hybridized carbons (Fsp3) is 0.765. The Morgan fingerprint density at radius 2 is 1.95 bits per heavy atom. The number of ketones is 1. The summed E-state index contributed by atoms with van der Waals surface area (Å²) in [6, 6.07) is 0. The monoisotopic (exact) mass is 276 g/mol. The molecule has 3 heteroatoms. The van der Waals surface area contributed by atoms with Crippen LogP contribution in [0.5, 0.6) is 0 Å². The van der Waals surface area contributed by atoms with Crippen LogP contribution in [0.2, 0.25) is 0 Å². The zero-order valence-corrected chi connectivity index (χ0v) is 13.0. The lowest BCUT2D eigenvalue weighted by Gasteiger charge is -2.50. The van der Waals surface area contributed by atoms with Crippen molar-refractivity contribution in [2.24, 2.45) is 34.5 Å². The van der Waals surface area contributed by atoms with E-state index in [1.807, 2.05) is 6.92 Å². The molecule has 3 aliphatic carbocycles. The summed E-state index contributed by atoms with van der Waals surface area (Å²) >= 11 is 0. The first-order valence-electron chi connectivity index (χ1n) is 7.61. The van der Waals surface area contributed by atoms with Crippen LogP contribution in [0, 0.1) is 34.5 Å². The molecule has 0 aliphatic heterocycles. The molecule has 0 aromatic rings. The molecule has 0 amide bonds. The molecule has 0 aromatic carbocycles. The van der Waals surface area contributed by atoms with E-state index in [0.29, 0.717) is 17.6 Å². The third-order valence-corrected chi connectivity index (χ3v) is 6.05. The number of hydrogen-bond acceptors (Lipinski definition) is 3. The normalized spacial score (nSPS) is 48.2. The van der Waals surface area contributed by atoms with Crippen molar-refractivity contribution in [3.8, 4) is 0 Å². The highest BCUT2D eigenvalue weighted by molar-refractivity contribution is 5.95. The molecule has 0 saturated heterocycles. The molecule has 6 atom stereocenters. The summed E-state index contributed by atoms with van der Waals surface area (Å²) < 4.78 is 5.61. The molecule has 3 rings (SSSR count). The van der Waals surface area contributed by atoms with Crippen molar-refractivity contribution < 1.29 is 14.3 Å². The lowest BCUT2D eigenvalue weighted by atomic mass is 9.56. The molecule has 0 heterocycles. The van der Waals surface area contributed by atoms with Gasteiger partial charge in [0.15, 0.2) is 0 Å². The van der Waals surface area contributed by atoms with E-state index in [0.717, 1.165) is 6.42 Å². The van der Waals surface area contributed by atoms with Crippen LogP contribution >= 0.6 is 0 Å². The predicted octanol–water partition coefficient (Wildman–Crippen LogP) is 2.99. The second kappa shape index (κ2) is 3.96. The highest BCUT2D eigenvalue weighted by atomic mass is 16.5. The maximum atomic E-state index is 12.9. The molecule has 0 spiro atoms. The van der Waals surface area contributed by atoms with Crippen LogP contribution < -0.4 is 0 Å². The molecule has 4 bridgehead atoms. The van der Waals surface area contributed by atoms with Gasteiger partial charge in [0.05, 0.1) is 5.41 Å². The molecule has 20 heavy (non-hydrogen) atoms. The number of carbonyl (C=O) groups excluding carboxylic acids is 2. The summed E-state index contributed by atoms with van der Waals surface area (Å²) in [5.41, 5.74) is -0.800. The Labute approximate surface area is 120 Å². The van der Waals surface area contributed by atoms with Crippen LogP contribution in [-0.2, 0) is 14.3 Å². The third-order valence-electron chi connectivity index (χ3n) is 6.05. The van der Waals surface area contributed by atoms with Gasteiger partial charge in [-0.05, 0) is 31.1 Å². The van der Waals surface area contributed by atoms with Crippen LogP contribution in [-0.4, -0.2) is 17.9 Å². The average Bonchev–Trinajstić information content (AvgIpc) is 2.43. The number of hydrogen-bond donors (Lipinski definition) is 0. The number of allylic oxidation sites excluding steroid dienone is 2. The van der Waals surface area contributed by atoms with E-state index in [1.165, 1.54) is 6.92 Å². The van der Waals surface area contributed by atoms with E-state index in [1.54, 1.807) is 0 Å². The van der Waals surface area contributed by atoms with Crippen molar-refractivity contribution >= 4 is 11.8 Å². The molecular formula is C17H24O3. The SMILES string of the molecule is CC(=O)O[C@H]1C[C@H](C)[C@@H]2C=C[C@@]3(C)C(=O)C(C)(C)[C@@H]2[C@@H]13. The molecule has 0 N–H and O–H groups in total. The van der Waals surface area contributed by atoms with Crippen molar-refractivity contribution in [1.29, 1.82) is 0 Å². The highest BCUT2D eigenvalue weighted by Gasteiger charge is 2.68. The maximum absolute atomic E-state index is 12.9. The Bertz CT molecular complexity index is 504. The van der Waals surface area contributed by atoms with E-state index in [4.69, 9.17) is 4.74 Å². The Hall–Kier alpha value is -1.12. The Morgan fingerprint density at radius 3 is 2.55 bits per heavy atom. The Kier molecular flexibility index (Phi) is 2.74. The smallest absolute Gasteiger partial charge is 0.302 e. The van der Waals surface area contributed by atoms with Gasteiger partial charge in [-0.2, -0.15) is 0 Å². The van der Waals surface area contributed by atoms with Gasteiger partial charge in [0.2, 0.25) is 0 Å². The van der Waals surface area contributed by atoms with Gasteiger partial charge >= 0.3 is 5.97 Å². The first kappa shape index (κ1) is 13.8. The standard InChI is InChI=1S/C17H24O3/c1-9-8-12(20-10(2)18)14-13-11(9)6-7-17(14,5)15(19)16(13,3)4/h6-7,9,11-14H,8H2,1-5H3/t9-,11-,12-,13-,14+,17+/m0/s1. The first-order chi connectivity index (χ1) is 9.19. The van der Waals surface area contributed by atoms with Crippen molar-refractivity contribution in [2.75, 3.05) is 0 Å². The summed E-state index contributed by atoms with van der Waals surface area (Å²) in [5, 5.41) is 0. The quantitative estimate of drug-likeness (QED) is 0.546. The van der Waals surface area contributed by atoms with Crippen LogP contribution in [0.3, 0.4) is 0 Å². The number of ether oxygens (including phenoxy) is 1. The largest absolute Gasteiger partial charge is 0.462 e. The van der Waals surface area contributed by atoms with E-state index < -0.39 is 5.41 Å². The summed E-state index contributed by atoms with van der Waals surface area (Å²) in [7, 11) is 0. The minimum Gasteiger partial charge on any atom is -0.462 e. The van der Waals surface area contributed by atoms with Gasteiger partial charge in [0, 0.05) is 18.3 Å². The molecule has 3 nitrogen and oxygen atoms in total. The van der Waals surface area contributed by atoms with Gasteiger partial charge in [0.25, 0.3) is 0 Å². The van der Waals surface area contributed by atoms with Gasteiger partial charge in [-0.25, -0.2) is 0 Å². The molecule has 2 fully saturated rings. The van der Waals surface area contributed by atoms with Crippen molar-refractivity contribution in [1.82, 2.24) is 0 Å². The van der Waals surface area contributed by atoms with Crippen molar-refractivity contribution in [3.63, 3.8) is 0 Å². The van der Waals surface area contributed by atoms with E-state index in [9.17, 15) is 9.59 Å². The summed E-state index contributed by atoms with van der Waals surface area (Å²) in [5.74, 6) is 1.39. The maximum Gasteiger partial charge on any atom is 0.302 e. The Balaban J connectivity index is 2.11. The Morgan fingerprint density at radius 1 is 1.30 bits per heavy atom. The minimum atomic E-state index is -0.467. The second-order valence-electron chi connectivity index (χ2n) is 7.68. The van der Waals surface area contributed by atoms with Crippen LogP contribution in [0.25, 0.3) is 0 Å². The van der Waals surface area contributed by atoms with Gasteiger partial charge in [-0.15, -0.1) is 0 Å². The summed E-state index contributed by atoms with van der Waals surface area (Å²) in [6.45, 7) is 9.85. The third kappa shape index (κ3) is 1.52. The fourth-order valence-corrected chi connectivity index (χ4v) is 5.32. The van der Waals surface area contributed by atoms with Crippen LogP contribution in [0.1, 0.15) is 41.0 Å². The first-order valence-corrected chi connectivity index (χ1v) is 7.61. The minimum absolute atomic E-state index is 0.121. The van der Waals surface area contributed by atoms with Crippen molar-refractivity contribution in [2.45, 2.75) is 47.1 Å². The van der Waals surface area contributed by atoms with E-state index >= 15 is 0 Å². The number of carbonyl (C=O) groups is 2. The van der Waals surface area contributed by atoms with Crippen LogP contribution in [0.4, 0.5) is 0 Å². The number of Topliss-reactive ketones (excluding diaryl/α,β-unsaturated/α-hetero) is 1. The lowest BCUT2D eigenvalue weighted by Crippen LogP contribution is -2.50. The van der Waals surface area contributed by atoms with E-state index in [2.05, 4.69) is 32.9 Å². The second-order valence-corrected chi connectivity index (χ2v) is 7.68. The molecule has 0 unspecified atom stereocenters. The molecule has 0 aromatic heterocycles. The molecule has 110 valence electrons. The van der Waals surface area contributed by atoms with Gasteiger partial charge in [0.1, 0.15) is 11.9 Å². The molecule has 2 saturated carbocycles. The summed E-state index contributed by atoms with van der Waals surface area (Å²) in [4.78, 5) is 24.4. The summed E-state index contributed by atoms with van der Waals surface area (Å²) in [6.07, 6.45) is 5.10. The van der Waals surface area contributed by atoms with Crippen LogP contribution in [0.15, 0.2) is 12.2 Å². The topological polar surface area (TPSA) is 43.4 Å². The molecular weight excluding hydrogens is 252 g/mol. The van der Waals surface area contributed by atoms with Gasteiger partial charge in [-0.1, -0.05) is 32.9 Å².